The molecule has 23 heavy (non-hydrogen) atoms. The van der Waals surface area contributed by atoms with Crippen LogP contribution in [0.1, 0.15) is 42.1 Å². The van der Waals surface area contributed by atoms with E-state index in [0.29, 0.717) is 18.2 Å². The molecule has 1 aromatic rings. The van der Waals surface area contributed by atoms with Crippen LogP contribution < -0.4 is 16.4 Å². The highest BCUT2D eigenvalue weighted by Gasteiger charge is 2.25. The van der Waals surface area contributed by atoms with Gasteiger partial charge in [-0.05, 0) is 50.0 Å². The van der Waals surface area contributed by atoms with Crippen LogP contribution in [0, 0.1) is 0 Å². The van der Waals surface area contributed by atoms with E-state index in [4.69, 9.17) is 5.73 Å². The minimum atomic E-state index is -0.551. The summed E-state index contributed by atoms with van der Waals surface area (Å²) in [5.74, 6) is 0.0909. The lowest BCUT2D eigenvalue weighted by Gasteiger charge is -2.34. The molecule has 3 amide bonds. The fourth-order valence-electron chi connectivity index (χ4n) is 2.93. The smallest absolute Gasteiger partial charge is 0.312 e. The van der Waals surface area contributed by atoms with Gasteiger partial charge in [-0.1, -0.05) is 19.1 Å². The van der Waals surface area contributed by atoms with Gasteiger partial charge >= 0.3 is 6.03 Å². The van der Waals surface area contributed by atoms with Crippen molar-refractivity contribution in [1.82, 2.24) is 15.5 Å². The molecule has 6 nitrogen and oxygen atoms in total. The Hall–Kier alpha value is -2.08. The first-order valence-electron chi connectivity index (χ1n) is 8.25. The Morgan fingerprint density at radius 1 is 1.26 bits per heavy atom. The Morgan fingerprint density at radius 2 is 1.91 bits per heavy atom. The minimum absolute atomic E-state index is 0.0909. The van der Waals surface area contributed by atoms with Crippen LogP contribution in [0.2, 0.25) is 0 Å². The van der Waals surface area contributed by atoms with E-state index in [2.05, 4.69) is 17.6 Å². The van der Waals surface area contributed by atoms with Crippen LogP contribution in [-0.4, -0.2) is 42.5 Å². The Bertz CT molecular complexity index is 524. The lowest BCUT2D eigenvalue weighted by Crippen LogP contribution is -2.46. The van der Waals surface area contributed by atoms with E-state index in [1.807, 2.05) is 29.2 Å². The molecule has 1 saturated heterocycles. The number of nitrogens with zero attached hydrogens (tertiary/aromatic N) is 1. The predicted molar refractivity (Wildman–Crippen MR) is 90.1 cm³/mol. The van der Waals surface area contributed by atoms with Crippen molar-refractivity contribution in [1.29, 1.82) is 0 Å². The fourth-order valence-corrected chi connectivity index (χ4v) is 2.93. The molecule has 0 bridgehead atoms. The largest absolute Gasteiger partial charge is 0.352 e. The Labute approximate surface area is 137 Å². The summed E-state index contributed by atoms with van der Waals surface area (Å²) in [6, 6.07) is 7.13. The van der Waals surface area contributed by atoms with E-state index in [-0.39, 0.29) is 5.91 Å². The van der Waals surface area contributed by atoms with Gasteiger partial charge in [0.05, 0.1) is 0 Å². The van der Waals surface area contributed by atoms with Crippen LogP contribution in [0.15, 0.2) is 24.3 Å². The molecule has 0 aliphatic carbocycles. The molecular weight excluding hydrogens is 292 g/mol. The average molecular weight is 318 g/mol. The topological polar surface area (TPSA) is 87.5 Å². The number of piperidine rings is 1. The van der Waals surface area contributed by atoms with E-state index < -0.39 is 6.03 Å². The Kier molecular flexibility index (Phi) is 6.40. The maximum absolute atomic E-state index is 12.8. The maximum Gasteiger partial charge on any atom is 0.312 e. The second-order valence-electron chi connectivity index (χ2n) is 5.89. The second-order valence-corrected chi connectivity index (χ2v) is 5.89. The summed E-state index contributed by atoms with van der Waals surface area (Å²) in [6.07, 6.45) is 2.97. The maximum atomic E-state index is 12.8. The number of nitrogens with two attached hydrogens (primary N) is 1. The summed E-state index contributed by atoms with van der Waals surface area (Å²) in [5, 5.41) is 5.88. The number of primary amides is 1. The summed E-state index contributed by atoms with van der Waals surface area (Å²) in [7, 11) is 0. The number of benzene rings is 1. The van der Waals surface area contributed by atoms with Gasteiger partial charge in [-0.3, -0.25) is 4.79 Å². The number of hydrogen-bond donors (Lipinski definition) is 3. The van der Waals surface area contributed by atoms with Crippen LogP contribution in [0.5, 0.6) is 0 Å². The first-order chi connectivity index (χ1) is 11.1. The molecule has 1 aliphatic rings. The molecule has 1 fully saturated rings. The van der Waals surface area contributed by atoms with E-state index in [0.717, 1.165) is 44.5 Å². The molecule has 0 saturated carbocycles. The van der Waals surface area contributed by atoms with Gasteiger partial charge in [-0.25, -0.2) is 4.79 Å². The molecule has 6 heteroatoms. The van der Waals surface area contributed by atoms with Gasteiger partial charge < -0.3 is 21.3 Å². The SMILES string of the molecule is CCCN(C(=O)c1ccc(CNC(N)=O)cc1)C1CCNCC1. The minimum Gasteiger partial charge on any atom is -0.352 e. The van der Waals surface area contributed by atoms with E-state index >= 15 is 0 Å². The summed E-state index contributed by atoms with van der Waals surface area (Å²) < 4.78 is 0. The number of nitrogens with one attached hydrogen (secondary N) is 2. The summed E-state index contributed by atoms with van der Waals surface area (Å²) in [6.45, 7) is 5.19. The molecule has 0 radical (unpaired) electrons. The monoisotopic (exact) mass is 318 g/mol. The second kappa shape index (κ2) is 8.53. The number of carbonyl (C=O) groups is 2. The summed E-state index contributed by atoms with van der Waals surface area (Å²) >= 11 is 0. The van der Waals surface area contributed by atoms with Crippen molar-refractivity contribution in [3.63, 3.8) is 0 Å². The highest BCUT2D eigenvalue weighted by Crippen LogP contribution is 2.17. The number of rotatable bonds is 6. The molecule has 4 N–H and O–H groups in total. The van der Waals surface area contributed by atoms with Gasteiger partial charge in [0.1, 0.15) is 0 Å². The number of carbonyl (C=O) groups excluding carboxylic acids is 2. The molecule has 2 rings (SSSR count). The normalized spacial score (nSPS) is 15.2. The van der Waals surface area contributed by atoms with E-state index in [9.17, 15) is 9.59 Å². The Morgan fingerprint density at radius 3 is 2.48 bits per heavy atom. The van der Waals surface area contributed by atoms with Crippen LogP contribution in [-0.2, 0) is 6.54 Å². The van der Waals surface area contributed by atoms with Gasteiger partial charge in [-0.15, -0.1) is 0 Å². The van der Waals surface area contributed by atoms with Gasteiger partial charge in [0.2, 0.25) is 0 Å². The molecule has 1 aromatic carbocycles. The average Bonchev–Trinajstić information content (AvgIpc) is 2.58. The highest BCUT2D eigenvalue weighted by molar-refractivity contribution is 5.94. The molecule has 1 aliphatic heterocycles. The zero-order chi connectivity index (χ0) is 16.7. The first kappa shape index (κ1) is 17.3. The van der Waals surface area contributed by atoms with Gasteiger partial charge in [0, 0.05) is 24.7 Å². The van der Waals surface area contributed by atoms with Crippen molar-refractivity contribution in [3.8, 4) is 0 Å². The van der Waals surface area contributed by atoms with Gasteiger partial charge in [-0.2, -0.15) is 0 Å². The summed E-state index contributed by atoms with van der Waals surface area (Å²) in [4.78, 5) is 25.6. The predicted octanol–water partition coefficient (Wildman–Crippen LogP) is 1.46. The van der Waals surface area contributed by atoms with Crippen molar-refractivity contribution in [2.24, 2.45) is 5.73 Å². The molecule has 0 unspecified atom stereocenters. The molecular formula is C17H26N4O2. The van der Waals surface area contributed by atoms with Crippen molar-refractivity contribution >= 4 is 11.9 Å². The van der Waals surface area contributed by atoms with Crippen LogP contribution in [0.4, 0.5) is 4.79 Å². The molecule has 0 aromatic heterocycles. The third-order valence-corrected chi connectivity index (χ3v) is 4.14. The molecule has 0 atom stereocenters. The van der Waals surface area contributed by atoms with Crippen molar-refractivity contribution in [2.75, 3.05) is 19.6 Å². The lowest BCUT2D eigenvalue weighted by molar-refractivity contribution is 0.0642. The summed E-state index contributed by atoms with van der Waals surface area (Å²) in [5.41, 5.74) is 6.67. The Balaban J connectivity index is 2.04. The van der Waals surface area contributed by atoms with E-state index in [1.54, 1.807) is 0 Å². The molecule has 1 heterocycles. The zero-order valence-corrected chi connectivity index (χ0v) is 13.7. The third kappa shape index (κ3) is 4.96. The first-order valence-corrected chi connectivity index (χ1v) is 8.25. The molecule has 0 spiro atoms. The standard InChI is InChI=1S/C17H26N4O2/c1-2-11-21(15-7-9-19-10-8-15)16(22)14-5-3-13(4-6-14)12-20-17(18)23/h3-6,15,19H,2,7-12H2,1H3,(H3,18,20,23). The fraction of sp³-hybridized carbons (Fsp3) is 0.529. The zero-order valence-electron chi connectivity index (χ0n) is 13.7. The van der Waals surface area contributed by atoms with Crippen LogP contribution in [0.3, 0.4) is 0 Å². The number of amides is 3. The number of hydrogen-bond acceptors (Lipinski definition) is 3. The van der Waals surface area contributed by atoms with Crippen molar-refractivity contribution < 1.29 is 9.59 Å². The highest BCUT2D eigenvalue weighted by atomic mass is 16.2. The van der Waals surface area contributed by atoms with E-state index in [1.165, 1.54) is 0 Å². The molecule has 126 valence electrons. The van der Waals surface area contributed by atoms with Crippen LogP contribution >= 0.6 is 0 Å². The number of urea groups is 1. The van der Waals surface area contributed by atoms with Crippen LogP contribution in [0.25, 0.3) is 0 Å². The van der Waals surface area contributed by atoms with Crippen molar-refractivity contribution in [2.45, 2.75) is 38.8 Å². The lowest BCUT2D eigenvalue weighted by atomic mass is 10.0. The quantitative estimate of drug-likeness (QED) is 0.742. The van der Waals surface area contributed by atoms with Gasteiger partial charge in [0.25, 0.3) is 5.91 Å². The van der Waals surface area contributed by atoms with Gasteiger partial charge in [0.15, 0.2) is 0 Å². The van der Waals surface area contributed by atoms with Crippen molar-refractivity contribution in [3.05, 3.63) is 35.4 Å². The third-order valence-electron chi connectivity index (χ3n) is 4.14.